The third-order valence-electron chi connectivity index (χ3n) is 6.59. The monoisotopic (exact) mass is 470 g/mol. The Hall–Kier alpha value is -3.40. The summed E-state index contributed by atoms with van der Waals surface area (Å²) in [5.41, 5.74) is 6.42. The lowest BCUT2D eigenvalue weighted by Gasteiger charge is -2.32. The quantitative estimate of drug-likeness (QED) is 0.413. The molecule has 4 heteroatoms. The highest BCUT2D eigenvalue weighted by Crippen LogP contribution is 2.19. The second-order valence-electron chi connectivity index (χ2n) is 9.64. The lowest BCUT2D eigenvalue weighted by molar-refractivity contribution is -0.141. The number of nitrogens with zero attached hydrogens (tertiary/aromatic N) is 1. The van der Waals surface area contributed by atoms with Crippen molar-refractivity contribution in [1.29, 1.82) is 0 Å². The van der Waals surface area contributed by atoms with Gasteiger partial charge in [0.25, 0.3) is 0 Å². The van der Waals surface area contributed by atoms with Crippen LogP contribution in [0.1, 0.15) is 53.6 Å². The van der Waals surface area contributed by atoms with Crippen molar-refractivity contribution >= 4 is 11.8 Å². The molecule has 0 radical (unpaired) electrons. The van der Waals surface area contributed by atoms with Crippen molar-refractivity contribution < 1.29 is 9.59 Å². The molecule has 0 heterocycles. The second-order valence-corrected chi connectivity index (χ2v) is 9.64. The van der Waals surface area contributed by atoms with E-state index in [1.807, 2.05) is 89.2 Å². The number of aryl methyl sites for hydroxylation is 3. The zero-order chi connectivity index (χ0) is 25.4. The summed E-state index contributed by atoms with van der Waals surface area (Å²) < 4.78 is 0. The molecule has 0 aliphatic carbocycles. The molecular formula is C31H38N2O2. The van der Waals surface area contributed by atoms with Gasteiger partial charge in [0.2, 0.25) is 11.8 Å². The zero-order valence-corrected chi connectivity index (χ0v) is 21.7. The highest BCUT2D eigenvalue weighted by atomic mass is 16.2. The van der Waals surface area contributed by atoms with Crippen molar-refractivity contribution in [3.63, 3.8) is 0 Å². The smallest absolute Gasteiger partial charge is 0.243 e. The molecule has 0 bridgehead atoms. The van der Waals surface area contributed by atoms with Crippen molar-refractivity contribution in [2.24, 2.45) is 0 Å². The van der Waals surface area contributed by atoms with Gasteiger partial charge >= 0.3 is 0 Å². The standard InChI is InChI=1S/C31H38N2O2/c1-6-25(5)32-31(35)29(19-26-10-8-7-9-11-26)33(21-27-16-13-22(2)14-17-27)30(34)20-28-18-23(3)12-15-24(28)4/h7-18,25,29H,6,19-21H2,1-5H3,(H,32,35)/t25-,29-/m0/s1. The highest BCUT2D eigenvalue weighted by molar-refractivity contribution is 5.89. The minimum Gasteiger partial charge on any atom is -0.352 e. The van der Waals surface area contributed by atoms with E-state index in [9.17, 15) is 9.59 Å². The Labute approximate surface area is 210 Å². The van der Waals surface area contributed by atoms with Crippen LogP contribution in [0.25, 0.3) is 0 Å². The Kier molecular flexibility index (Phi) is 9.25. The Morgan fingerprint density at radius 1 is 0.857 bits per heavy atom. The summed E-state index contributed by atoms with van der Waals surface area (Å²) in [4.78, 5) is 29.2. The largest absolute Gasteiger partial charge is 0.352 e. The van der Waals surface area contributed by atoms with Gasteiger partial charge in [0.15, 0.2) is 0 Å². The fourth-order valence-electron chi connectivity index (χ4n) is 4.14. The van der Waals surface area contributed by atoms with Crippen molar-refractivity contribution in [2.45, 2.75) is 72.5 Å². The molecule has 0 aromatic heterocycles. The van der Waals surface area contributed by atoms with Crippen molar-refractivity contribution in [3.05, 3.63) is 106 Å². The van der Waals surface area contributed by atoms with E-state index in [1.54, 1.807) is 4.90 Å². The van der Waals surface area contributed by atoms with Crippen LogP contribution >= 0.6 is 0 Å². The average molecular weight is 471 g/mol. The molecule has 0 aliphatic heterocycles. The Morgan fingerprint density at radius 2 is 1.51 bits per heavy atom. The van der Waals surface area contributed by atoms with Crippen LogP contribution < -0.4 is 5.32 Å². The van der Waals surface area contributed by atoms with Crippen molar-refractivity contribution in [2.75, 3.05) is 0 Å². The van der Waals surface area contributed by atoms with Crippen LogP contribution in [-0.2, 0) is 29.0 Å². The summed E-state index contributed by atoms with van der Waals surface area (Å²) in [5.74, 6) is -0.149. The fourth-order valence-corrected chi connectivity index (χ4v) is 4.14. The second kappa shape index (κ2) is 12.3. The van der Waals surface area contributed by atoms with Gasteiger partial charge in [-0.1, -0.05) is 90.8 Å². The number of carbonyl (C=O) groups is 2. The third kappa shape index (κ3) is 7.54. The van der Waals surface area contributed by atoms with E-state index in [4.69, 9.17) is 0 Å². The summed E-state index contributed by atoms with van der Waals surface area (Å²) in [7, 11) is 0. The molecule has 3 aromatic rings. The van der Waals surface area contributed by atoms with E-state index in [0.717, 1.165) is 39.8 Å². The summed E-state index contributed by atoms with van der Waals surface area (Å²) in [6.45, 7) is 10.5. The zero-order valence-electron chi connectivity index (χ0n) is 21.7. The average Bonchev–Trinajstić information content (AvgIpc) is 2.85. The van der Waals surface area contributed by atoms with Gasteiger partial charge in [-0.05, 0) is 56.4 Å². The predicted molar refractivity (Wildman–Crippen MR) is 143 cm³/mol. The molecule has 35 heavy (non-hydrogen) atoms. The summed E-state index contributed by atoms with van der Waals surface area (Å²) in [6.07, 6.45) is 1.56. The minimum absolute atomic E-state index is 0.0381. The number of benzene rings is 3. The van der Waals surface area contributed by atoms with E-state index in [2.05, 4.69) is 23.5 Å². The summed E-state index contributed by atoms with van der Waals surface area (Å²) in [5, 5.41) is 3.13. The molecule has 1 N–H and O–H groups in total. The number of amides is 2. The van der Waals surface area contributed by atoms with Gasteiger partial charge in [0.05, 0.1) is 6.42 Å². The number of nitrogens with one attached hydrogen (secondary N) is 1. The number of carbonyl (C=O) groups excluding carboxylic acids is 2. The molecule has 0 saturated carbocycles. The molecular weight excluding hydrogens is 432 g/mol. The Morgan fingerprint density at radius 3 is 2.17 bits per heavy atom. The van der Waals surface area contributed by atoms with Crippen LogP contribution in [0.2, 0.25) is 0 Å². The van der Waals surface area contributed by atoms with Crippen LogP contribution in [0.15, 0.2) is 72.8 Å². The van der Waals surface area contributed by atoms with Crippen LogP contribution in [0.5, 0.6) is 0 Å². The Bertz CT molecular complexity index is 1120. The van der Waals surface area contributed by atoms with E-state index in [0.29, 0.717) is 13.0 Å². The molecule has 3 rings (SSSR count). The summed E-state index contributed by atoms with van der Waals surface area (Å²) in [6, 6.07) is 23.7. The molecule has 2 amide bonds. The first-order chi connectivity index (χ1) is 16.8. The van der Waals surface area contributed by atoms with E-state index < -0.39 is 6.04 Å². The first-order valence-corrected chi connectivity index (χ1v) is 12.5. The summed E-state index contributed by atoms with van der Waals surface area (Å²) >= 11 is 0. The van der Waals surface area contributed by atoms with Crippen molar-refractivity contribution in [3.8, 4) is 0 Å². The van der Waals surface area contributed by atoms with Gasteiger partial charge in [0, 0.05) is 19.0 Å². The minimum atomic E-state index is -0.606. The molecule has 0 unspecified atom stereocenters. The van der Waals surface area contributed by atoms with Gasteiger partial charge in [-0.25, -0.2) is 0 Å². The SMILES string of the molecule is CC[C@H](C)NC(=O)[C@H](Cc1ccccc1)N(Cc1ccc(C)cc1)C(=O)Cc1cc(C)ccc1C. The van der Waals surface area contributed by atoms with Crippen LogP contribution in [0, 0.1) is 20.8 Å². The van der Waals surface area contributed by atoms with Gasteiger partial charge in [-0.2, -0.15) is 0 Å². The molecule has 0 saturated heterocycles. The lowest BCUT2D eigenvalue weighted by Crippen LogP contribution is -2.52. The van der Waals surface area contributed by atoms with Gasteiger partial charge in [-0.3, -0.25) is 9.59 Å². The van der Waals surface area contributed by atoms with Crippen LogP contribution in [-0.4, -0.2) is 28.8 Å². The number of hydrogen-bond acceptors (Lipinski definition) is 2. The van der Waals surface area contributed by atoms with E-state index in [1.165, 1.54) is 0 Å². The van der Waals surface area contributed by atoms with Crippen LogP contribution in [0.3, 0.4) is 0 Å². The van der Waals surface area contributed by atoms with Crippen molar-refractivity contribution in [1.82, 2.24) is 10.2 Å². The molecule has 0 spiro atoms. The predicted octanol–water partition coefficient (Wildman–Crippen LogP) is 5.71. The molecule has 4 nitrogen and oxygen atoms in total. The van der Waals surface area contributed by atoms with Gasteiger partial charge in [-0.15, -0.1) is 0 Å². The topological polar surface area (TPSA) is 49.4 Å². The van der Waals surface area contributed by atoms with Crippen LogP contribution in [0.4, 0.5) is 0 Å². The molecule has 0 fully saturated rings. The first-order valence-electron chi connectivity index (χ1n) is 12.5. The third-order valence-corrected chi connectivity index (χ3v) is 6.59. The molecule has 0 aliphatic rings. The first kappa shape index (κ1) is 26.2. The number of hydrogen-bond donors (Lipinski definition) is 1. The lowest BCUT2D eigenvalue weighted by atomic mass is 9.99. The van der Waals surface area contributed by atoms with Gasteiger partial charge in [0.1, 0.15) is 6.04 Å². The molecule has 184 valence electrons. The fraction of sp³-hybridized carbons (Fsp3) is 0.355. The molecule has 3 aromatic carbocycles. The highest BCUT2D eigenvalue weighted by Gasteiger charge is 2.31. The van der Waals surface area contributed by atoms with E-state index in [-0.39, 0.29) is 24.3 Å². The number of rotatable bonds is 10. The normalized spacial score (nSPS) is 12.6. The van der Waals surface area contributed by atoms with E-state index >= 15 is 0 Å². The maximum absolute atomic E-state index is 13.9. The maximum atomic E-state index is 13.9. The maximum Gasteiger partial charge on any atom is 0.243 e. The molecule has 2 atom stereocenters. The Balaban J connectivity index is 1.99. The van der Waals surface area contributed by atoms with Gasteiger partial charge < -0.3 is 10.2 Å².